The van der Waals surface area contributed by atoms with Gasteiger partial charge in [-0.3, -0.25) is 9.59 Å². The minimum atomic E-state index is -0.428. The first-order chi connectivity index (χ1) is 10.8. The second kappa shape index (κ2) is 9.53. The number of halogens is 1. The first-order valence-electron chi connectivity index (χ1n) is 7.72. The molecule has 128 valence electrons. The number of carbonyl (C=O) groups is 2. The van der Waals surface area contributed by atoms with Crippen molar-refractivity contribution in [2.24, 2.45) is 5.41 Å². The van der Waals surface area contributed by atoms with Gasteiger partial charge in [0.1, 0.15) is 0 Å². The summed E-state index contributed by atoms with van der Waals surface area (Å²) in [5.41, 5.74) is 0.520. The number of hydrogen-bond donors (Lipinski definition) is 3. The lowest BCUT2D eigenvalue weighted by molar-refractivity contribution is -0.124. The first kappa shape index (κ1) is 19.5. The molecule has 0 saturated heterocycles. The molecule has 0 aliphatic rings. The third kappa shape index (κ3) is 8.00. The molecule has 2 amide bonds. The van der Waals surface area contributed by atoms with Crippen LogP contribution in [0.1, 0.15) is 32.3 Å². The molecule has 1 aromatic carbocycles. The monoisotopic (exact) mass is 340 g/mol. The molecule has 0 unspecified atom stereocenters. The predicted octanol–water partition coefficient (Wildman–Crippen LogP) is 1.91. The second-order valence-electron chi connectivity index (χ2n) is 6.29. The molecular weight excluding hydrogens is 316 g/mol. The molecule has 0 atom stereocenters. The Balaban J connectivity index is 2.17. The van der Waals surface area contributed by atoms with Gasteiger partial charge < -0.3 is 15.7 Å². The maximum Gasteiger partial charge on any atom is 0.220 e. The Morgan fingerprint density at radius 3 is 2.35 bits per heavy atom. The number of rotatable bonds is 9. The summed E-state index contributed by atoms with van der Waals surface area (Å²) in [5, 5.41) is 15.3. The summed E-state index contributed by atoms with van der Waals surface area (Å²) in [7, 11) is 0. The highest BCUT2D eigenvalue weighted by molar-refractivity contribution is 6.31. The van der Waals surface area contributed by atoms with Crippen LogP contribution in [0.3, 0.4) is 0 Å². The average Bonchev–Trinajstić information content (AvgIpc) is 2.50. The summed E-state index contributed by atoms with van der Waals surface area (Å²) >= 11 is 6.04. The number of hydrogen-bond acceptors (Lipinski definition) is 3. The van der Waals surface area contributed by atoms with E-state index in [2.05, 4.69) is 10.6 Å². The van der Waals surface area contributed by atoms with Crippen LogP contribution in [0.25, 0.3) is 0 Å². The van der Waals surface area contributed by atoms with Crippen LogP contribution in [-0.2, 0) is 16.0 Å². The van der Waals surface area contributed by atoms with Gasteiger partial charge in [-0.1, -0.05) is 43.6 Å². The molecule has 3 N–H and O–H groups in total. The van der Waals surface area contributed by atoms with Crippen molar-refractivity contribution in [2.45, 2.75) is 33.1 Å². The average molecular weight is 341 g/mol. The van der Waals surface area contributed by atoms with Gasteiger partial charge in [-0.2, -0.15) is 0 Å². The highest BCUT2D eigenvalue weighted by atomic mass is 35.5. The van der Waals surface area contributed by atoms with Crippen LogP contribution < -0.4 is 10.6 Å². The lowest BCUT2D eigenvalue weighted by Gasteiger charge is -2.20. The zero-order valence-electron chi connectivity index (χ0n) is 13.7. The molecule has 0 bridgehead atoms. The summed E-state index contributed by atoms with van der Waals surface area (Å²) in [5.74, 6) is -0.204. The number of carbonyl (C=O) groups excluding carboxylic acids is 2. The summed E-state index contributed by atoms with van der Waals surface area (Å²) in [6, 6.07) is 7.45. The van der Waals surface area contributed by atoms with Crippen molar-refractivity contribution in [1.29, 1.82) is 0 Å². The molecule has 0 spiro atoms. The van der Waals surface area contributed by atoms with Crippen LogP contribution >= 0.6 is 11.6 Å². The highest BCUT2D eigenvalue weighted by Crippen LogP contribution is 2.18. The summed E-state index contributed by atoms with van der Waals surface area (Å²) in [6.45, 7) is 4.36. The van der Waals surface area contributed by atoms with Crippen molar-refractivity contribution in [3.05, 3.63) is 34.9 Å². The normalized spacial score (nSPS) is 11.1. The van der Waals surface area contributed by atoms with Gasteiger partial charge in [-0.25, -0.2) is 0 Å². The molecule has 0 aliphatic heterocycles. The summed E-state index contributed by atoms with van der Waals surface area (Å²) in [4.78, 5) is 23.4. The van der Waals surface area contributed by atoms with E-state index in [0.717, 1.165) is 5.56 Å². The minimum Gasteiger partial charge on any atom is -0.396 e. The van der Waals surface area contributed by atoms with E-state index in [9.17, 15) is 9.59 Å². The third-order valence-corrected chi connectivity index (χ3v) is 3.78. The molecule has 0 aliphatic carbocycles. The molecule has 23 heavy (non-hydrogen) atoms. The molecule has 6 heteroatoms. The maximum atomic E-state index is 11.7. The van der Waals surface area contributed by atoms with Crippen molar-refractivity contribution < 1.29 is 14.7 Å². The quantitative estimate of drug-likeness (QED) is 0.601. The van der Waals surface area contributed by atoms with Gasteiger partial charge in [-0.15, -0.1) is 0 Å². The van der Waals surface area contributed by atoms with Crippen LogP contribution in [0.4, 0.5) is 0 Å². The molecule has 1 rings (SSSR count). The number of aliphatic hydroxyl groups excluding tert-OH is 1. The molecule has 1 aromatic rings. The first-order valence-corrected chi connectivity index (χ1v) is 8.09. The zero-order valence-corrected chi connectivity index (χ0v) is 14.4. The van der Waals surface area contributed by atoms with Gasteiger partial charge in [0.2, 0.25) is 11.8 Å². The highest BCUT2D eigenvalue weighted by Gasteiger charge is 2.20. The third-order valence-electron chi connectivity index (χ3n) is 3.42. The molecule has 0 aromatic heterocycles. The Labute approximate surface area is 142 Å². The Bertz CT molecular complexity index is 532. The van der Waals surface area contributed by atoms with Crippen LogP contribution in [0.15, 0.2) is 24.3 Å². The molecule has 0 fully saturated rings. The largest absolute Gasteiger partial charge is 0.396 e. The van der Waals surface area contributed by atoms with E-state index in [4.69, 9.17) is 16.7 Å². The number of nitrogens with one attached hydrogen (secondary N) is 2. The zero-order chi connectivity index (χ0) is 17.3. The Hall–Kier alpha value is -1.59. The van der Waals surface area contributed by atoms with E-state index in [0.29, 0.717) is 31.0 Å². The van der Waals surface area contributed by atoms with Gasteiger partial charge in [0.25, 0.3) is 0 Å². The molecule has 5 nitrogen and oxygen atoms in total. The topological polar surface area (TPSA) is 78.4 Å². The molecular formula is C17H25ClN2O3. The van der Waals surface area contributed by atoms with Gasteiger partial charge >= 0.3 is 0 Å². The van der Waals surface area contributed by atoms with Crippen molar-refractivity contribution in [1.82, 2.24) is 10.6 Å². The van der Waals surface area contributed by atoms with Crippen LogP contribution in [0.5, 0.6) is 0 Å². The van der Waals surface area contributed by atoms with Crippen molar-refractivity contribution >= 4 is 23.4 Å². The number of aliphatic hydroxyl groups is 1. The van der Waals surface area contributed by atoms with E-state index < -0.39 is 5.41 Å². The van der Waals surface area contributed by atoms with Crippen LogP contribution in [-0.4, -0.2) is 36.6 Å². The van der Waals surface area contributed by atoms with Crippen LogP contribution in [0.2, 0.25) is 5.02 Å². The molecule has 0 saturated carbocycles. The second-order valence-corrected chi connectivity index (χ2v) is 6.70. The van der Waals surface area contributed by atoms with E-state index in [1.54, 1.807) is 6.07 Å². The minimum absolute atomic E-state index is 0.0425. The fraction of sp³-hybridized carbons (Fsp3) is 0.529. The van der Waals surface area contributed by atoms with Crippen molar-refractivity contribution in [2.75, 3.05) is 19.7 Å². The Morgan fingerprint density at radius 1 is 1.13 bits per heavy atom. The number of amides is 2. The van der Waals surface area contributed by atoms with Gasteiger partial charge in [0.15, 0.2) is 0 Å². The lowest BCUT2D eigenvalue weighted by atomic mass is 9.90. The van der Waals surface area contributed by atoms with Crippen molar-refractivity contribution in [3.63, 3.8) is 0 Å². The van der Waals surface area contributed by atoms with E-state index in [-0.39, 0.29) is 24.8 Å². The maximum absolute atomic E-state index is 11.7. The number of aryl methyl sites for hydroxylation is 1. The van der Waals surface area contributed by atoms with E-state index in [1.807, 2.05) is 32.0 Å². The van der Waals surface area contributed by atoms with Crippen LogP contribution in [0, 0.1) is 5.41 Å². The van der Waals surface area contributed by atoms with E-state index >= 15 is 0 Å². The van der Waals surface area contributed by atoms with Gasteiger partial charge in [-0.05, 0) is 23.5 Å². The molecule has 0 heterocycles. The molecule has 0 radical (unpaired) electrons. The van der Waals surface area contributed by atoms with E-state index in [1.165, 1.54) is 0 Å². The Kier molecular flexibility index (Phi) is 8.06. The number of benzene rings is 1. The van der Waals surface area contributed by atoms with Gasteiger partial charge in [0, 0.05) is 37.6 Å². The standard InChI is InChI=1S/C17H25ClN2O3/c1-17(2,12-21)11-16(23)20-10-9-19-15(22)8-7-13-5-3-4-6-14(13)18/h3-6,21H,7-12H2,1-2H3,(H,19,22)(H,20,23). The lowest BCUT2D eigenvalue weighted by Crippen LogP contribution is -2.36. The fourth-order valence-corrected chi connectivity index (χ4v) is 2.22. The summed E-state index contributed by atoms with van der Waals surface area (Å²) < 4.78 is 0. The fourth-order valence-electron chi connectivity index (χ4n) is 1.99. The van der Waals surface area contributed by atoms with Gasteiger partial charge in [0.05, 0.1) is 0 Å². The van der Waals surface area contributed by atoms with Crippen molar-refractivity contribution in [3.8, 4) is 0 Å². The Morgan fingerprint density at radius 2 is 1.74 bits per heavy atom. The smallest absolute Gasteiger partial charge is 0.220 e. The SMILES string of the molecule is CC(C)(CO)CC(=O)NCCNC(=O)CCc1ccccc1Cl. The summed E-state index contributed by atoms with van der Waals surface area (Å²) in [6.07, 6.45) is 1.20. The predicted molar refractivity (Wildman–Crippen MR) is 91.3 cm³/mol.